The van der Waals surface area contributed by atoms with Crippen LogP contribution in [0.1, 0.15) is 49.3 Å². The van der Waals surface area contributed by atoms with Gasteiger partial charge in [-0.15, -0.1) is 0 Å². The molecule has 4 rings (SSSR count). The summed E-state index contributed by atoms with van der Waals surface area (Å²) in [5.74, 6) is -0.0142. The molecule has 1 amide bonds. The van der Waals surface area contributed by atoms with E-state index >= 15 is 0 Å². The minimum atomic E-state index is -0.0761. The fourth-order valence-electron chi connectivity index (χ4n) is 4.34. The van der Waals surface area contributed by atoms with E-state index in [0.29, 0.717) is 18.1 Å². The van der Waals surface area contributed by atoms with Gasteiger partial charge in [-0.2, -0.15) is 0 Å². The first-order chi connectivity index (χ1) is 15.6. The molecule has 1 saturated heterocycles. The maximum absolute atomic E-state index is 12.8. The number of carbonyl (C=O) groups is 1. The smallest absolute Gasteiger partial charge is 0.226 e. The maximum atomic E-state index is 12.8. The van der Waals surface area contributed by atoms with Crippen molar-refractivity contribution in [1.29, 1.82) is 0 Å². The molecule has 7 heteroatoms. The van der Waals surface area contributed by atoms with Crippen LogP contribution in [0.3, 0.4) is 0 Å². The summed E-state index contributed by atoms with van der Waals surface area (Å²) in [6.07, 6.45) is 5.10. The van der Waals surface area contributed by atoms with Crippen molar-refractivity contribution < 1.29 is 4.79 Å². The molecule has 166 valence electrons. The average Bonchev–Trinajstić information content (AvgIpc) is 3.42. The Bertz CT molecular complexity index is 1080. The minimum Gasteiger partial charge on any atom is -0.352 e. The SMILES string of the molecule is CCc1ccccc1NC(=O)CCN1C(=S)N[C@H](c2ccccn2)[C@H]1c1cccn1CC. The van der Waals surface area contributed by atoms with Crippen LogP contribution in [0.15, 0.2) is 67.0 Å². The van der Waals surface area contributed by atoms with Crippen LogP contribution in [-0.4, -0.2) is 32.0 Å². The van der Waals surface area contributed by atoms with Crippen molar-refractivity contribution >= 4 is 28.9 Å². The first-order valence-corrected chi connectivity index (χ1v) is 11.5. The van der Waals surface area contributed by atoms with E-state index in [0.717, 1.165) is 35.6 Å². The van der Waals surface area contributed by atoms with E-state index in [2.05, 4.69) is 57.3 Å². The minimum absolute atomic E-state index is 0.0142. The van der Waals surface area contributed by atoms with Crippen molar-refractivity contribution in [2.24, 2.45) is 0 Å². The van der Waals surface area contributed by atoms with Crippen LogP contribution in [0.5, 0.6) is 0 Å². The number of nitrogens with one attached hydrogen (secondary N) is 2. The molecular formula is C25H29N5OS. The van der Waals surface area contributed by atoms with E-state index < -0.39 is 0 Å². The standard InChI is InChI=1S/C25H29N5OS/c1-3-18-10-5-6-11-19(18)27-22(31)14-17-30-24(21-13-9-16-29(21)4-2)23(28-25(30)32)20-12-7-8-15-26-20/h5-13,15-16,23-24H,3-4,14,17H2,1-2H3,(H,27,31)(H,28,32)/t23-,24-/m1/s1. The van der Waals surface area contributed by atoms with Crippen molar-refractivity contribution in [3.8, 4) is 0 Å². The van der Waals surface area contributed by atoms with E-state index in [9.17, 15) is 4.79 Å². The van der Waals surface area contributed by atoms with Gasteiger partial charge in [0.25, 0.3) is 0 Å². The predicted molar refractivity (Wildman–Crippen MR) is 131 cm³/mol. The third kappa shape index (κ3) is 4.53. The Labute approximate surface area is 194 Å². The molecule has 1 aliphatic rings. The Balaban J connectivity index is 1.54. The van der Waals surface area contributed by atoms with Gasteiger partial charge in [-0.3, -0.25) is 9.78 Å². The molecule has 0 aliphatic carbocycles. The van der Waals surface area contributed by atoms with Gasteiger partial charge >= 0.3 is 0 Å². The van der Waals surface area contributed by atoms with Gasteiger partial charge in [0.2, 0.25) is 5.91 Å². The summed E-state index contributed by atoms with van der Waals surface area (Å²) in [5.41, 5.74) is 4.11. The van der Waals surface area contributed by atoms with Gasteiger partial charge in [-0.25, -0.2) is 0 Å². The van der Waals surface area contributed by atoms with Crippen LogP contribution in [0.4, 0.5) is 5.69 Å². The van der Waals surface area contributed by atoms with Crippen LogP contribution in [0.25, 0.3) is 0 Å². The maximum Gasteiger partial charge on any atom is 0.226 e. The Morgan fingerprint density at radius 1 is 1.12 bits per heavy atom. The number of rotatable bonds is 8. The number of para-hydroxylation sites is 1. The van der Waals surface area contributed by atoms with Gasteiger partial charge in [0.05, 0.1) is 17.8 Å². The number of amides is 1. The summed E-state index contributed by atoms with van der Waals surface area (Å²) in [4.78, 5) is 19.5. The highest BCUT2D eigenvalue weighted by Gasteiger charge is 2.40. The number of nitrogens with zero attached hydrogens (tertiary/aromatic N) is 3. The Morgan fingerprint density at radius 3 is 2.69 bits per heavy atom. The second-order valence-electron chi connectivity index (χ2n) is 7.85. The monoisotopic (exact) mass is 447 g/mol. The molecule has 0 radical (unpaired) electrons. The number of anilines is 1. The van der Waals surface area contributed by atoms with Gasteiger partial charge in [0.15, 0.2) is 5.11 Å². The Hall–Kier alpha value is -3.19. The quantitative estimate of drug-likeness (QED) is 0.499. The van der Waals surface area contributed by atoms with Crippen LogP contribution >= 0.6 is 12.2 Å². The summed E-state index contributed by atoms with van der Waals surface area (Å²) in [7, 11) is 0. The molecule has 3 heterocycles. The van der Waals surface area contributed by atoms with Gasteiger partial charge in [-0.1, -0.05) is 31.2 Å². The topological polar surface area (TPSA) is 62.2 Å². The molecule has 3 aromatic rings. The summed E-state index contributed by atoms with van der Waals surface area (Å²) in [6.45, 7) is 5.60. The zero-order chi connectivity index (χ0) is 22.5. The molecule has 0 spiro atoms. The number of aryl methyl sites for hydroxylation is 2. The number of aromatic nitrogens is 2. The summed E-state index contributed by atoms with van der Waals surface area (Å²) in [6, 6.07) is 17.9. The zero-order valence-corrected chi connectivity index (χ0v) is 19.3. The normalized spacial score (nSPS) is 17.9. The average molecular weight is 448 g/mol. The molecule has 0 unspecified atom stereocenters. The van der Waals surface area contributed by atoms with Crippen molar-refractivity contribution in [1.82, 2.24) is 19.8 Å². The molecule has 1 fully saturated rings. The van der Waals surface area contributed by atoms with Crippen molar-refractivity contribution in [3.63, 3.8) is 0 Å². The van der Waals surface area contributed by atoms with E-state index in [1.807, 2.05) is 42.5 Å². The van der Waals surface area contributed by atoms with Crippen molar-refractivity contribution in [2.45, 2.75) is 45.3 Å². The van der Waals surface area contributed by atoms with Crippen LogP contribution in [0.2, 0.25) is 0 Å². The van der Waals surface area contributed by atoms with Crippen LogP contribution in [0, 0.1) is 0 Å². The number of benzene rings is 1. The molecule has 1 aromatic carbocycles. The lowest BCUT2D eigenvalue weighted by Gasteiger charge is -2.28. The number of hydrogen-bond donors (Lipinski definition) is 2. The third-order valence-electron chi connectivity index (χ3n) is 5.96. The lowest BCUT2D eigenvalue weighted by atomic mass is 10.0. The number of carbonyl (C=O) groups excluding carboxylic acids is 1. The largest absolute Gasteiger partial charge is 0.352 e. The molecule has 6 nitrogen and oxygen atoms in total. The fraction of sp³-hybridized carbons (Fsp3) is 0.320. The molecule has 2 N–H and O–H groups in total. The number of pyridine rings is 1. The van der Waals surface area contributed by atoms with Crippen LogP contribution < -0.4 is 10.6 Å². The molecule has 2 aromatic heterocycles. The fourth-order valence-corrected chi connectivity index (χ4v) is 4.67. The summed E-state index contributed by atoms with van der Waals surface area (Å²) >= 11 is 5.72. The highest BCUT2D eigenvalue weighted by atomic mass is 32.1. The van der Waals surface area contributed by atoms with E-state index in [1.54, 1.807) is 6.20 Å². The van der Waals surface area contributed by atoms with Gasteiger partial charge < -0.3 is 20.1 Å². The van der Waals surface area contributed by atoms with Gasteiger partial charge in [0.1, 0.15) is 0 Å². The highest BCUT2D eigenvalue weighted by molar-refractivity contribution is 7.80. The highest BCUT2D eigenvalue weighted by Crippen LogP contribution is 2.38. The van der Waals surface area contributed by atoms with E-state index in [1.165, 1.54) is 0 Å². The van der Waals surface area contributed by atoms with Crippen molar-refractivity contribution in [2.75, 3.05) is 11.9 Å². The molecule has 0 saturated carbocycles. The Morgan fingerprint density at radius 2 is 1.94 bits per heavy atom. The number of thiocarbonyl (C=S) groups is 1. The molecule has 0 bridgehead atoms. The van der Waals surface area contributed by atoms with Crippen LogP contribution in [-0.2, 0) is 17.8 Å². The molecular weight excluding hydrogens is 418 g/mol. The van der Waals surface area contributed by atoms with E-state index in [4.69, 9.17) is 12.2 Å². The first kappa shape index (κ1) is 22.0. The molecule has 1 aliphatic heterocycles. The predicted octanol–water partition coefficient (Wildman–Crippen LogP) is 4.47. The van der Waals surface area contributed by atoms with E-state index in [-0.39, 0.29) is 18.0 Å². The lowest BCUT2D eigenvalue weighted by molar-refractivity contribution is -0.116. The van der Waals surface area contributed by atoms with Crippen molar-refractivity contribution in [3.05, 3.63) is 83.9 Å². The first-order valence-electron chi connectivity index (χ1n) is 11.1. The second kappa shape index (κ2) is 9.96. The zero-order valence-electron chi connectivity index (χ0n) is 18.5. The molecule has 32 heavy (non-hydrogen) atoms. The second-order valence-corrected chi connectivity index (χ2v) is 8.23. The Kier molecular flexibility index (Phi) is 6.85. The lowest BCUT2D eigenvalue weighted by Crippen LogP contribution is -2.33. The summed E-state index contributed by atoms with van der Waals surface area (Å²) < 4.78 is 2.22. The van der Waals surface area contributed by atoms with Gasteiger partial charge in [-0.05, 0) is 61.5 Å². The number of hydrogen-bond acceptors (Lipinski definition) is 3. The molecule has 2 atom stereocenters. The van der Waals surface area contributed by atoms with Gasteiger partial charge in [0, 0.05) is 43.3 Å². The third-order valence-corrected chi connectivity index (χ3v) is 6.31. The summed E-state index contributed by atoms with van der Waals surface area (Å²) in [5, 5.41) is 7.17.